The van der Waals surface area contributed by atoms with Gasteiger partial charge in [0.15, 0.2) is 6.04 Å². The van der Waals surface area contributed by atoms with Crippen LogP contribution in [0.3, 0.4) is 0 Å². The van der Waals surface area contributed by atoms with E-state index < -0.39 is 29.9 Å². The summed E-state index contributed by atoms with van der Waals surface area (Å²) in [7, 11) is 0. The van der Waals surface area contributed by atoms with Crippen LogP contribution in [0.5, 0.6) is 0 Å². The molecule has 2 fully saturated rings. The lowest BCUT2D eigenvalue weighted by atomic mass is 9.81. The van der Waals surface area contributed by atoms with Gasteiger partial charge in [0.05, 0.1) is 11.7 Å². The summed E-state index contributed by atoms with van der Waals surface area (Å²) < 4.78 is 0. The fourth-order valence-corrected chi connectivity index (χ4v) is 4.45. The molecule has 1 aromatic carbocycles. The number of nitrogens with one attached hydrogen (secondary N) is 2. The van der Waals surface area contributed by atoms with E-state index in [1.807, 2.05) is 18.2 Å². The summed E-state index contributed by atoms with van der Waals surface area (Å²) in [5.74, 6) is -1.47. The Kier molecular flexibility index (Phi) is 6.97. The number of carbonyl (C=O) groups is 3. The Morgan fingerprint density at radius 3 is 2.43 bits per heavy atom. The number of rotatable bonds is 8. The summed E-state index contributed by atoms with van der Waals surface area (Å²) in [5, 5.41) is 15.2. The maximum atomic E-state index is 12.6. The second-order valence-corrected chi connectivity index (χ2v) is 8.10. The minimum atomic E-state index is -1.15. The maximum absolute atomic E-state index is 12.6. The average Bonchev–Trinajstić information content (AvgIpc) is 2.72. The van der Waals surface area contributed by atoms with Gasteiger partial charge in [-0.3, -0.25) is 4.79 Å². The molecule has 1 aromatic rings. The van der Waals surface area contributed by atoms with Crippen LogP contribution in [-0.4, -0.2) is 46.5 Å². The Balaban J connectivity index is 1.49. The van der Waals surface area contributed by atoms with E-state index in [1.165, 1.54) is 5.56 Å². The van der Waals surface area contributed by atoms with Gasteiger partial charge in [-0.25, -0.2) is 14.5 Å². The molecule has 0 radical (unpaired) electrons. The van der Waals surface area contributed by atoms with E-state index in [-0.39, 0.29) is 6.04 Å². The fraction of sp³-hybridized carbons (Fsp3) is 0.500. The van der Waals surface area contributed by atoms with Crippen molar-refractivity contribution in [2.45, 2.75) is 56.5 Å². The topological polar surface area (TPSA) is 125 Å². The lowest BCUT2D eigenvalue weighted by Crippen LogP contribution is -2.68. The molecule has 30 heavy (non-hydrogen) atoms. The minimum Gasteiger partial charge on any atom is -0.480 e. The number of carboxylic acids is 1. The number of imide groups is 1. The molecule has 2 aliphatic rings. The number of carboxylic acid groups (broad SMARTS) is 1. The van der Waals surface area contributed by atoms with Crippen LogP contribution in [0.2, 0.25) is 0 Å². The van der Waals surface area contributed by atoms with Crippen molar-refractivity contribution in [3.63, 3.8) is 0 Å². The smallest absolute Gasteiger partial charge is 0.327 e. The number of nitrogens with two attached hydrogens (primary N) is 1. The number of amides is 3. The zero-order valence-corrected chi connectivity index (χ0v) is 17.0. The summed E-state index contributed by atoms with van der Waals surface area (Å²) in [5.41, 5.74) is 6.73. The third-order valence-corrected chi connectivity index (χ3v) is 6.06. The number of β-lactam (4-membered cyclic amide) rings is 1. The molecule has 5 N–H and O–H groups in total. The highest BCUT2D eigenvalue weighted by molar-refractivity contribution is 6.07. The Labute approximate surface area is 176 Å². The van der Waals surface area contributed by atoms with Gasteiger partial charge >= 0.3 is 12.0 Å². The zero-order chi connectivity index (χ0) is 21.7. The number of hydrogen-bond acceptors (Lipinski definition) is 5. The van der Waals surface area contributed by atoms with Gasteiger partial charge in [-0.15, -0.1) is 0 Å². The summed E-state index contributed by atoms with van der Waals surface area (Å²) >= 11 is 0. The molecule has 2 atom stereocenters. The highest BCUT2D eigenvalue weighted by Crippen LogP contribution is 2.34. The van der Waals surface area contributed by atoms with Gasteiger partial charge in [0, 0.05) is 12.6 Å². The third kappa shape index (κ3) is 4.93. The number of hydrogen-bond donors (Lipinski definition) is 4. The molecule has 8 nitrogen and oxygen atoms in total. The molecular formula is C22H30N4O4. The zero-order valence-electron chi connectivity index (χ0n) is 17.0. The number of carbonyl (C=O) groups excluding carboxylic acids is 2. The third-order valence-electron chi connectivity index (χ3n) is 6.06. The molecule has 1 saturated heterocycles. The molecule has 1 saturated carbocycles. The molecule has 0 spiro atoms. The second kappa shape index (κ2) is 9.65. The molecular weight excluding hydrogens is 384 g/mol. The Morgan fingerprint density at radius 1 is 1.17 bits per heavy atom. The average molecular weight is 415 g/mol. The van der Waals surface area contributed by atoms with Crippen LogP contribution in [0.15, 0.2) is 42.7 Å². The maximum Gasteiger partial charge on any atom is 0.327 e. The largest absolute Gasteiger partial charge is 0.480 e. The van der Waals surface area contributed by atoms with Crippen molar-refractivity contribution in [1.82, 2.24) is 15.5 Å². The van der Waals surface area contributed by atoms with E-state index in [2.05, 4.69) is 29.3 Å². The molecule has 1 aliphatic carbocycles. The van der Waals surface area contributed by atoms with Crippen LogP contribution in [0.25, 0.3) is 0 Å². The molecule has 1 heterocycles. The molecule has 1 unspecified atom stereocenters. The van der Waals surface area contributed by atoms with Crippen molar-refractivity contribution in [2.75, 3.05) is 6.54 Å². The van der Waals surface area contributed by atoms with E-state index >= 15 is 0 Å². The highest BCUT2D eigenvalue weighted by atomic mass is 16.4. The van der Waals surface area contributed by atoms with E-state index in [4.69, 9.17) is 5.73 Å². The lowest BCUT2D eigenvalue weighted by Gasteiger charge is -2.43. The van der Waals surface area contributed by atoms with E-state index in [1.54, 1.807) is 0 Å². The van der Waals surface area contributed by atoms with E-state index in [0.29, 0.717) is 31.1 Å². The first-order valence-electron chi connectivity index (χ1n) is 10.5. The first kappa shape index (κ1) is 21.7. The van der Waals surface area contributed by atoms with Crippen LogP contribution in [0, 0.1) is 5.92 Å². The minimum absolute atomic E-state index is 0.0430. The SMILES string of the molecule is C=C(N)NCCC[C@H]1C(=O)N(C(=O)NC2CCC(c3ccccc3)CC2)C1C(=O)O. The predicted molar refractivity (Wildman–Crippen MR) is 112 cm³/mol. The molecule has 1 aliphatic heterocycles. The number of benzene rings is 1. The van der Waals surface area contributed by atoms with Crippen LogP contribution < -0.4 is 16.4 Å². The van der Waals surface area contributed by atoms with Gasteiger partial charge in [-0.2, -0.15) is 0 Å². The molecule has 8 heteroatoms. The monoisotopic (exact) mass is 414 g/mol. The summed E-state index contributed by atoms with van der Waals surface area (Å²) in [6.45, 7) is 4.02. The van der Waals surface area contributed by atoms with Gasteiger partial charge in [0.2, 0.25) is 5.91 Å². The van der Waals surface area contributed by atoms with Gasteiger partial charge < -0.3 is 21.5 Å². The van der Waals surface area contributed by atoms with Crippen LogP contribution >= 0.6 is 0 Å². The van der Waals surface area contributed by atoms with Gasteiger partial charge in [-0.05, 0) is 50.0 Å². The van der Waals surface area contributed by atoms with Crippen molar-refractivity contribution in [3.8, 4) is 0 Å². The second-order valence-electron chi connectivity index (χ2n) is 8.10. The van der Waals surface area contributed by atoms with E-state index in [0.717, 1.165) is 30.6 Å². The molecule has 0 aromatic heterocycles. The fourth-order valence-electron chi connectivity index (χ4n) is 4.45. The van der Waals surface area contributed by atoms with Crippen LogP contribution in [-0.2, 0) is 9.59 Å². The van der Waals surface area contributed by atoms with Gasteiger partial charge in [-0.1, -0.05) is 36.9 Å². The Hall–Kier alpha value is -3.03. The molecule has 0 bridgehead atoms. The molecule has 3 rings (SSSR count). The Bertz CT molecular complexity index is 790. The standard InChI is InChI=1S/C22H30N4O4/c1-14(23)24-13-5-8-18-19(21(28)29)26(20(18)27)22(30)25-17-11-9-16(10-12-17)15-6-3-2-4-7-15/h2-4,6-7,16-19,24H,1,5,8-13,23H2,(H,25,30)(H,28,29)/t16?,17?,18-,19?/m1/s1. The number of urea groups is 1. The lowest BCUT2D eigenvalue weighted by molar-refractivity contribution is -0.166. The molecule has 3 amide bonds. The number of nitrogens with zero attached hydrogens (tertiary/aromatic N) is 1. The van der Waals surface area contributed by atoms with Crippen molar-refractivity contribution in [3.05, 3.63) is 48.3 Å². The van der Waals surface area contributed by atoms with Crippen LogP contribution in [0.4, 0.5) is 4.79 Å². The Morgan fingerprint density at radius 2 is 1.83 bits per heavy atom. The van der Waals surface area contributed by atoms with Crippen LogP contribution in [0.1, 0.15) is 50.0 Å². The van der Waals surface area contributed by atoms with E-state index in [9.17, 15) is 19.5 Å². The molecule has 162 valence electrons. The van der Waals surface area contributed by atoms with Gasteiger partial charge in [0.1, 0.15) is 0 Å². The first-order chi connectivity index (χ1) is 14.4. The summed E-state index contributed by atoms with van der Waals surface area (Å²) in [4.78, 5) is 37.6. The predicted octanol–water partition coefficient (Wildman–Crippen LogP) is 2.13. The normalized spacial score (nSPS) is 25.9. The quantitative estimate of drug-likeness (QED) is 0.382. The van der Waals surface area contributed by atoms with Crippen molar-refractivity contribution in [2.24, 2.45) is 11.7 Å². The van der Waals surface area contributed by atoms with Crippen molar-refractivity contribution >= 4 is 17.9 Å². The number of aliphatic carboxylic acids is 1. The highest BCUT2D eigenvalue weighted by Gasteiger charge is 2.54. The van der Waals surface area contributed by atoms with Crippen molar-refractivity contribution < 1.29 is 19.5 Å². The van der Waals surface area contributed by atoms with Crippen molar-refractivity contribution in [1.29, 1.82) is 0 Å². The van der Waals surface area contributed by atoms with Gasteiger partial charge in [0.25, 0.3) is 0 Å². The number of likely N-dealkylation sites (tertiary alicyclic amines) is 1. The first-order valence-corrected chi connectivity index (χ1v) is 10.5. The summed E-state index contributed by atoms with van der Waals surface area (Å²) in [6.07, 6.45) is 4.46. The summed E-state index contributed by atoms with van der Waals surface area (Å²) in [6, 6.07) is 8.56.